The molecule has 1 unspecified atom stereocenters. The Morgan fingerprint density at radius 1 is 1.27 bits per heavy atom. The number of ether oxygens (including phenoxy) is 1. The van der Waals surface area contributed by atoms with Crippen LogP contribution in [0.5, 0.6) is 5.75 Å². The summed E-state index contributed by atoms with van der Waals surface area (Å²) >= 11 is 6.16. The molecule has 136 valence electrons. The van der Waals surface area contributed by atoms with Gasteiger partial charge in [-0.1, -0.05) is 29.8 Å². The summed E-state index contributed by atoms with van der Waals surface area (Å²) in [6.07, 6.45) is 0.785. The van der Waals surface area contributed by atoms with Gasteiger partial charge in [-0.15, -0.1) is 12.4 Å². The lowest BCUT2D eigenvalue weighted by atomic mass is 9.99. The van der Waals surface area contributed by atoms with Crippen LogP contribution in [0, 0.1) is 0 Å². The van der Waals surface area contributed by atoms with Crippen molar-refractivity contribution in [2.45, 2.75) is 19.1 Å². The van der Waals surface area contributed by atoms with Crippen LogP contribution >= 0.6 is 24.0 Å². The molecule has 0 amide bonds. The summed E-state index contributed by atoms with van der Waals surface area (Å²) in [5, 5.41) is 14.1. The van der Waals surface area contributed by atoms with Crippen molar-refractivity contribution in [3.63, 3.8) is 0 Å². The highest BCUT2D eigenvalue weighted by atomic mass is 35.5. The summed E-state index contributed by atoms with van der Waals surface area (Å²) in [4.78, 5) is 14.7. The van der Waals surface area contributed by atoms with E-state index in [0.29, 0.717) is 18.2 Å². The number of H-pyrrole nitrogens is 1. The van der Waals surface area contributed by atoms with Crippen LogP contribution in [0.3, 0.4) is 0 Å². The van der Waals surface area contributed by atoms with E-state index in [0.717, 1.165) is 39.9 Å². The lowest BCUT2D eigenvalue weighted by Crippen LogP contribution is -2.34. The molecule has 2 aromatic carbocycles. The summed E-state index contributed by atoms with van der Waals surface area (Å²) in [5.74, 6) is -0.137. The van der Waals surface area contributed by atoms with Gasteiger partial charge >= 0.3 is 5.97 Å². The SMILES string of the molecule is Cl.O=C(O)C1NCCc2c1[nH]c1ccc(OCc3ccccc3Cl)cc21. The molecule has 1 aliphatic rings. The largest absolute Gasteiger partial charge is 0.489 e. The number of hydrogen-bond donors (Lipinski definition) is 3. The lowest BCUT2D eigenvalue weighted by Gasteiger charge is -2.20. The summed E-state index contributed by atoms with van der Waals surface area (Å²) in [5.41, 5.74) is 3.63. The van der Waals surface area contributed by atoms with Gasteiger partial charge in [0.05, 0.1) is 0 Å². The molecular weight excluding hydrogens is 375 g/mol. The number of aromatic nitrogens is 1. The topological polar surface area (TPSA) is 74.4 Å². The van der Waals surface area contributed by atoms with Crippen LogP contribution < -0.4 is 10.1 Å². The Morgan fingerprint density at radius 2 is 2.08 bits per heavy atom. The van der Waals surface area contributed by atoms with Crippen molar-refractivity contribution in [3.05, 3.63) is 64.3 Å². The first kappa shape index (κ1) is 18.6. The van der Waals surface area contributed by atoms with Crippen molar-refractivity contribution in [1.29, 1.82) is 0 Å². The monoisotopic (exact) mass is 392 g/mol. The second-order valence-electron chi connectivity index (χ2n) is 6.08. The van der Waals surface area contributed by atoms with E-state index < -0.39 is 12.0 Å². The zero-order valence-electron chi connectivity index (χ0n) is 13.8. The van der Waals surface area contributed by atoms with E-state index in [9.17, 15) is 9.90 Å². The fourth-order valence-electron chi connectivity index (χ4n) is 3.28. The molecular formula is C19H18Cl2N2O3. The van der Waals surface area contributed by atoms with Crippen molar-refractivity contribution in [2.24, 2.45) is 0 Å². The van der Waals surface area contributed by atoms with Crippen LogP contribution in [0.25, 0.3) is 10.9 Å². The predicted octanol–water partition coefficient (Wildman–Crippen LogP) is 4.09. The van der Waals surface area contributed by atoms with Gasteiger partial charge in [-0.05, 0) is 36.2 Å². The Balaban J connectivity index is 0.00000196. The van der Waals surface area contributed by atoms with E-state index >= 15 is 0 Å². The molecule has 7 heteroatoms. The Labute approximate surface area is 161 Å². The number of rotatable bonds is 4. The van der Waals surface area contributed by atoms with Gasteiger partial charge < -0.3 is 14.8 Å². The average molecular weight is 393 g/mol. The van der Waals surface area contributed by atoms with E-state index in [1.807, 2.05) is 42.5 Å². The number of aliphatic carboxylic acids is 1. The molecule has 1 atom stereocenters. The van der Waals surface area contributed by atoms with Crippen molar-refractivity contribution in [1.82, 2.24) is 10.3 Å². The molecule has 0 bridgehead atoms. The van der Waals surface area contributed by atoms with E-state index in [1.54, 1.807) is 0 Å². The first-order valence-electron chi connectivity index (χ1n) is 8.10. The minimum atomic E-state index is -0.873. The summed E-state index contributed by atoms with van der Waals surface area (Å²) in [6.45, 7) is 1.03. The summed E-state index contributed by atoms with van der Waals surface area (Å²) < 4.78 is 5.89. The fourth-order valence-corrected chi connectivity index (χ4v) is 3.47. The number of carbonyl (C=O) groups is 1. The van der Waals surface area contributed by atoms with E-state index in [-0.39, 0.29) is 12.4 Å². The molecule has 4 rings (SSSR count). The standard InChI is InChI=1S/C19H17ClN2O3.ClH/c20-15-4-2-1-3-11(15)10-25-12-5-6-16-14(9-12)13-7-8-21-18(19(23)24)17(13)22-16;/h1-6,9,18,21-22H,7-8,10H2,(H,23,24);1H. The minimum absolute atomic E-state index is 0. The van der Waals surface area contributed by atoms with Crippen LogP contribution in [-0.4, -0.2) is 22.6 Å². The number of aromatic amines is 1. The molecule has 0 radical (unpaired) electrons. The number of carboxylic acid groups (broad SMARTS) is 1. The first-order valence-corrected chi connectivity index (χ1v) is 8.48. The maximum absolute atomic E-state index is 11.4. The molecule has 0 saturated carbocycles. The fraction of sp³-hybridized carbons (Fsp3) is 0.211. The summed E-state index contributed by atoms with van der Waals surface area (Å²) in [7, 11) is 0. The van der Waals surface area contributed by atoms with E-state index in [4.69, 9.17) is 16.3 Å². The van der Waals surface area contributed by atoms with E-state index in [1.165, 1.54) is 0 Å². The third kappa shape index (κ3) is 3.38. The van der Waals surface area contributed by atoms with Crippen molar-refractivity contribution < 1.29 is 14.6 Å². The van der Waals surface area contributed by atoms with Crippen LogP contribution in [0.2, 0.25) is 5.02 Å². The second kappa shape index (κ2) is 7.58. The molecule has 0 saturated heterocycles. The van der Waals surface area contributed by atoms with Crippen LogP contribution in [0.1, 0.15) is 22.9 Å². The van der Waals surface area contributed by atoms with Gasteiger partial charge in [-0.3, -0.25) is 10.1 Å². The average Bonchev–Trinajstić information content (AvgIpc) is 2.99. The number of nitrogens with one attached hydrogen (secondary N) is 2. The van der Waals surface area contributed by atoms with Crippen molar-refractivity contribution >= 4 is 40.9 Å². The van der Waals surface area contributed by atoms with Crippen LogP contribution in [0.15, 0.2) is 42.5 Å². The molecule has 1 aromatic heterocycles. The van der Waals surface area contributed by atoms with Gasteiger partial charge in [0.15, 0.2) is 0 Å². The quantitative estimate of drug-likeness (QED) is 0.624. The predicted molar refractivity (Wildman–Crippen MR) is 103 cm³/mol. The van der Waals surface area contributed by atoms with Gasteiger partial charge in [0.25, 0.3) is 0 Å². The molecule has 3 aromatic rings. The molecule has 26 heavy (non-hydrogen) atoms. The van der Waals surface area contributed by atoms with Gasteiger partial charge in [0.1, 0.15) is 18.4 Å². The molecule has 0 fully saturated rings. The van der Waals surface area contributed by atoms with Gasteiger partial charge in [0, 0.05) is 33.7 Å². The Morgan fingerprint density at radius 3 is 2.85 bits per heavy atom. The number of halogens is 2. The van der Waals surface area contributed by atoms with Gasteiger partial charge in [-0.25, -0.2) is 0 Å². The maximum atomic E-state index is 11.4. The van der Waals surface area contributed by atoms with Crippen LogP contribution in [0.4, 0.5) is 0 Å². The second-order valence-corrected chi connectivity index (χ2v) is 6.49. The highest BCUT2D eigenvalue weighted by Gasteiger charge is 2.29. The Bertz CT molecular complexity index is 955. The third-order valence-corrected chi connectivity index (χ3v) is 4.89. The summed E-state index contributed by atoms with van der Waals surface area (Å²) in [6, 6.07) is 12.7. The van der Waals surface area contributed by atoms with Gasteiger partial charge in [0.2, 0.25) is 0 Å². The Kier molecular flexibility index (Phi) is 5.41. The Hall–Kier alpha value is -2.21. The highest BCUT2D eigenvalue weighted by Crippen LogP contribution is 2.32. The first-order chi connectivity index (χ1) is 12.1. The van der Waals surface area contributed by atoms with Crippen molar-refractivity contribution in [3.8, 4) is 5.75 Å². The number of fused-ring (bicyclic) bond motifs is 3. The highest BCUT2D eigenvalue weighted by molar-refractivity contribution is 6.31. The normalized spacial score (nSPS) is 16.0. The zero-order chi connectivity index (χ0) is 17.4. The van der Waals surface area contributed by atoms with Crippen molar-refractivity contribution in [2.75, 3.05) is 6.54 Å². The van der Waals surface area contributed by atoms with E-state index in [2.05, 4.69) is 10.3 Å². The number of carboxylic acids is 1. The minimum Gasteiger partial charge on any atom is -0.489 e. The number of hydrogen-bond acceptors (Lipinski definition) is 3. The molecule has 0 aliphatic carbocycles. The van der Waals surface area contributed by atoms with Crippen LogP contribution in [-0.2, 0) is 17.8 Å². The number of benzene rings is 2. The molecule has 1 aliphatic heterocycles. The maximum Gasteiger partial charge on any atom is 0.326 e. The smallest absolute Gasteiger partial charge is 0.326 e. The molecule has 3 N–H and O–H groups in total. The zero-order valence-corrected chi connectivity index (χ0v) is 15.4. The third-order valence-electron chi connectivity index (χ3n) is 4.52. The molecule has 5 nitrogen and oxygen atoms in total. The molecule has 2 heterocycles. The molecule has 0 spiro atoms. The van der Waals surface area contributed by atoms with Gasteiger partial charge in [-0.2, -0.15) is 0 Å². The lowest BCUT2D eigenvalue weighted by molar-refractivity contribution is -0.139.